The summed E-state index contributed by atoms with van der Waals surface area (Å²) >= 11 is 1.58. The minimum atomic E-state index is -0.556. The Bertz CT molecular complexity index is 578. The van der Waals surface area contributed by atoms with Crippen LogP contribution in [0, 0.1) is 0 Å². The van der Waals surface area contributed by atoms with Gasteiger partial charge in [0.05, 0.1) is 6.04 Å². The van der Waals surface area contributed by atoms with Gasteiger partial charge in [-0.05, 0) is 44.2 Å². The lowest BCUT2D eigenvalue weighted by molar-refractivity contribution is -0.123. The summed E-state index contributed by atoms with van der Waals surface area (Å²) in [5.41, 5.74) is 7.92. The Morgan fingerprint density at radius 3 is 2.50 bits per heavy atom. The van der Waals surface area contributed by atoms with Crippen LogP contribution in [-0.4, -0.2) is 35.4 Å². The highest BCUT2D eigenvalue weighted by molar-refractivity contribution is 8.00. The predicted octanol–water partition coefficient (Wildman–Crippen LogP) is 2.32. The molecular formula is C17H26ClN3O2S. The molecule has 0 unspecified atom stereocenters. The summed E-state index contributed by atoms with van der Waals surface area (Å²) in [6.07, 6.45) is 3.49. The van der Waals surface area contributed by atoms with E-state index >= 15 is 0 Å². The SMILES string of the molecule is CSC(C)(C)[C@H](N)C(=O)NCc1ccc(N2CCCC2=O)cc1.Cl. The van der Waals surface area contributed by atoms with Gasteiger partial charge in [-0.2, -0.15) is 11.8 Å². The van der Waals surface area contributed by atoms with Crippen LogP contribution in [0.5, 0.6) is 0 Å². The molecule has 1 atom stereocenters. The molecule has 0 radical (unpaired) electrons. The van der Waals surface area contributed by atoms with E-state index in [2.05, 4.69) is 5.32 Å². The second kappa shape index (κ2) is 8.74. The Morgan fingerprint density at radius 1 is 1.38 bits per heavy atom. The van der Waals surface area contributed by atoms with Gasteiger partial charge in [-0.15, -0.1) is 12.4 Å². The fourth-order valence-electron chi connectivity index (χ4n) is 2.46. The van der Waals surface area contributed by atoms with Crippen LogP contribution in [0.25, 0.3) is 0 Å². The highest BCUT2D eigenvalue weighted by Gasteiger charge is 2.31. The highest BCUT2D eigenvalue weighted by Crippen LogP contribution is 2.24. The molecule has 1 fully saturated rings. The number of amides is 2. The molecule has 24 heavy (non-hydrogen) atoms. The lowest BCUT2D eigenvalue weighted by Crippen LogP contribution is -2.51. The van der Waals surface area contributed by atoms with Crippen LogP contribution in [0.3, 0.4) is 0 Å². The third kappa shape index (κ3) is 4.88. The molecule has 1 saturated heterocycles. The average molecular weight is 372 g/mol. The number of nitrogens with zero attached hydrogens (tertiary/aromatic N) is 1. The zero-order valence-electron chi connectivity index (χ0n) is 14.4. The van der Waals surface area contributed by atoms with Crippen LogP contribution in [0.4, 0.5) is 5.69 Å². The number of hydrogen-bond donors (Lipinski definition) is 2. The van der Waals surface area contributed by atoms with Gasteiger partial charge in [0.25, 0.3) is 0 Å². The molecule has 0 bridgehead atoms. The molecule has 7 heteroatoms. The van der Waals surface area contributed by atoms with Crippen molar-refractivity contribution in [3.8, 4) is 0 Å². The molecule has 1 aliphatic heterocycles. The van der Waals surface area contributed by atoms with E-state index in [-0.39, 0.29) is 29.0 Å². The van der Waals surface area contributed by atoms with Crippen molar-refractivity contribution in [1.29, 1.82) is 0 Å². The van der Waals surface area contributed by atoms with Gasteiger partial charge in [0.1, 0.15) is 0 Å². The Hall–Kier alpha value is -1.24. The average Bonchev–Trinajstić information content (AvgIpc) is 2.98. The maximum atomic E-state index is 12.1. The second-order valence-corrected chi connectivity index (χ2v) is 7.78. The maximum absolute atomic E-state index is 12.1. The minimum absolute atomic E-state index is 0. The molecule has 1 heterocycles. The number of carbonyl (C=O) groups is 2. The molecular weight excluding hydrogens is 346 g/mol. The number of thioether (sulfide) groups is 1. The number of anilines is 1. The smallest absolute Gasteiger partial charge is 0.238 e. The van der Waals surface area contributed by atoms with Gasteiger partial charge in [0.2, 0.25) is 11.8 Å². The minimum Gasteiger partial charge on any atom is -0.351 e. The number of nitrogens with one attached hydrogen (secondary N) is 1. The number of nitrogens with two attached hydrogens (primary N) is 1. The topological polar surface area (TPSA) is 75.4 Å². The fourth-order valence-corrected chi connectivity index (χ4v) is 2.82. The van der Waals surface area contributed by atoms with E-state index in [1.54, 1.807) is 16.7 Å². The van der Waals surface area contributed by atoms with Crippen molar-refractivity contribution >= 4 is 41.7 Å². The van der Waals surface area contributed by atoms with Crippen molar-refractivity contribution in [2.24, 2.45) is 5.73 Å². The van der Waals surface area contributed by atoms with Crippen LogP contribution in [-0.2, 0) is 16.1 Å². The first kappa shape index (κ1) is 20.8. The van der Waals surface area contributed by atoms with Crippen LogP contribution in [0.1, 0.15) is 32.3 Å². The van der Waals surface area contributed by atoms with Crippen molar-refractivity contribution in [2.45, 2.75) is 44.0 Å². The molecule has 134 valence electrons. The van der Waals surface area contributed by atoms with Crippen LogP contribution in [0.15, 0.2) is 24.3 Å². The zero-order valence-corrected chi connectivity index (χ0v) is 16.0. The quantitative estimate of drug-likeness (QED) is 0.804. The van der Waals surface area contributed by atoms with E-state index in [1.807, 2.05) is 44.4 Å². The van der Waals surface area contributed by atoms with E-state index in [0.29, 0.717) is 13.0 Å². The van der Waals surface area contributed by atoms with E-state index < -0.39 is 6.04 Å². The molecule has 1 aliphatic rings. The van der Waals surface area contributed by atoms with Crippen molar-refractivity contribution in [3.63, 3.8) is 0 Å². The normalized spacial score (nSPS) is 15.8. The van der Waals surface area contributed by atoms with Crippen molar-refractivity contribution in [1.82, 2.24) is 5.32 Å². The van der Waals surface area contributed by atoms with Crippen LogP contribution >= 0.6 is 24.2 Å². The van der Waals surface area contributed by atoms with Crippen LogP contribution < -0.4 is 16.0 Å². The Balaban J connectivity index is 0.00000288. The summed E-state index contributed by atoms with van der Waals surface area (Å²) in [5.74, 6) is 0.0273. The van der Waals surface area contributed by atoms with Crippen molar-refractivity contribution in [2.75, 3.05) is 17.7 Å². The van der Waals surface area contributed by atoms with E-state index in [0.717, 1.165) is 24.2 Å². The molecule has 0 saturated carbocycles. The summed E-state index contributed by atoms with van der Waals surface area (Å²) in [7, 11) is 0. The lowest BCUT2D eigenvalue weighted by Gasteiger charge is -2.28. The first-order valence-corrected chi connectivity index (χ1v) is 9.05. The molecule has 2 amide bonds. The van der Waals surface area contributed by atoms with E-state index in [9.17, 15) is 9.59 Å². The third-order valence-electron chi connectivity index (χ3n) is 4.35. The number of hydrogen-bond acceptors (Lipinski definition) is 4. The summed E-state index contributed by atoms with van der Waals surface area (Å²) < 4.78 is -0.302. The summed E-state index contributed by atoms with van der Waals surface area (Å²) in [6.45, 7) is 5.15. The summed E-state index contributed by atoms with van der Waals surface area (Å²) in [4.78, 5) is 25.7. The largest absolute Gasteiger partial charge is 0.351 e. The van der Waals surface area contributed by atoms with Gasteiger partial charge in [-0.1, -0.05) is 12.1 Å². The van der Waals surface area contributed by atoms with E-state index in [4.69, 9.17) is 5.73 Å². The molecule has 2 rings (SSSR count). The van der Waals surface area contributed by atoms with Gasteiger partial charge in [0, 0.05) is 29.9 Å². The molecule has 5 nitrogen and oxygen atoms in total. The Labute approximate surface area is 154 Å². The van der Waals surface area contributed by atoms with Crippen molar-refractivity contribution < 1.29 is 9.59 Å². The first-order chi connectivity index (χ1) is 10.8. The maximum Gasteiger partial charge on any atom is 0.238 e. The standard InChI is InChI=1S/C17H25N3O2S.ClH/c1-17(2,23-3)15(18)16(22)19-11-12-6-8-13(9-7-12)20-10-4-5-14(20)21;/h6-9,15H,4-5,10-11,18H2,1-3H3,(H,19,22);1H/t15-;/m1./s1. The van der Waals surface area contributed by atoms with E-state index in [1.165, 1.54) is 0 Å². The predicted molar refractivity (Wildman–Crippen MR) is 103 cm³/mol. The third-order valence-corrected chi connectivity index (χ3v) is 5.65. The number of halogens is 1. The van der Waals surface area contributed by atoms with Gasteiger partial charge in [-0.3, -0.25) is 9.59 Å². The molecule has 1 aromatic rings. The first-order valence-electron chi connectivity index (χ1n) is 7.83. The molecule has 3 N–H and O–H groups in total. The number of benzene rings is 1. The molecule has 0 spiro atoms. The summed E-state index contributed by atoms with van der Waals surface area (Å²) in [5, 5.41) is 2.88. The zero-order chi connectivity index (χ0) is 17.0. The fraction of sp³-hybridized carbons (Fsp3) is 0.529. The Morgan fingerprint density at radius 2 is 2.00 bits per heavy atom. The monoisotopic (exact) mass is 371 g/mol. The summed E-state index contributed by atoms with van der Waals surface area (Å²) in [6, 6.07) is 7.17. The number of rotatable bonds is 6. The van der Waals surface area contributed by atoms with Gasteiger partial charge >= 0.3 is 0 Å². The highest BCUT2D eigenvalue weighted by atomic mass is 35.5. The molecule has 0 aromatic heterocycles. The van der Waals surface area contributed by atoms with Gasteiger partial charge in [0.15, 0.2) is 0 Å². The van der Waals surface area contributed by atoms with Gasteiger partial charge in [-0.25, -0.2) is 0 Å². The molecule has 0 aliphatic carbocycles. The lowest BCUT2D eigenvalue weighted by atomic mass is 10.0. The Kier molecular flexibility index (Phi) is 7.57. The second-order valence-electron chi connectivity index (χ2n) is 6.32. The van der Waals surface area contributed by atoms with Crippen molar-refractivity contribution in [3.05, 3.63) is 29.8 Å². The number of carbonyl (C=O) groups excluding carboxylic acids is 2. The molecule has 1 aromatic carbocycles. The van der Waals surface area contributed by atoms with Gasteiger partial charge < -0.3 is 16.0 Å². The van der Waals surface area contributed by atoms with Crippen LogP contribution in [0.2, 0.25) is 0 Å².